The number of carbonyl (C=O) groups excluding carboxylic acids is 1. The zero-order chi connectivity index (χ0) is 19.6. The summed E-state index contributed by atoms with van der Waals surface area (Å²) >= 11 is 0. The van der Waals surface area contributed by atoms with Crippen LogP contribution in [0.15, 0.2) is 55.0 Å². The molecule has 2 heterocycles. The molecule has 6 rings (SSSR count). The highest BCUT2D eigenvalue weighted by Crippen LogP contribution is 2.78. The highest BCUT2D eigenvalue weighted by Gasteiger charge is 2.75. The van der Waals surface area contributed by atoms with Crippen LogP contribution in [0.4, 0.5) is 5.82 Å². The molecular formula is C24H20N4O. The van der Waals surface area contributed by atoms with E-state index < -0.39 is 0 Å². The molecule has 1 spiro atoms. The van der Waals surface area contributed by atoms with E-state index in [4.69, 9.17) is 0 Å². The minimum atomic E-state index is -0.306. The highest BCUT2D eigenvalue weighted by molar-refractivity contribution is 5.96. The van der Waals surface area contributed by atoms with Gasteiger partial charge >= 0.3 is 0 Å². The van der Waals surface area contributed by atoms with Crippen molar-refractivity contribution in [3.05, 3.63) is 66.1 Å². The average Bonchev–Trinajstić information content (AvgIpc) is 3.66. The summed E-state index contributed by atoms with van der Waals surface area (Å²) in [5.74, 6) is 0.847. The summed E-state index contributed by atoms with van der Waals surface area (Å²) in [6, 6.07) is 14.7. The molecule has 142 valence electrons. The highest BCUT2D eigenvalue weighted by atomic mass is 16.2. The topological polar surface area (TPSA) is 78.7 Å². The van der Waals surface area contributed by atoms with Gasteiger partial charge in [-0.15, -0.1) is 0 Å². The number of fused-ring (bicyclic) bond motifs is 1. The van der Waals surface area contributed by atoms with E-state index in [0.717, 1.165) is 47.6 Å². The summed E-state index contributed by atoms with van der Waals surface area (Å²) in [4.78, 5) is 21.1. The SMILES string of the molecule is N#C[C@@]1(c2ccc3cnc(NC(=O)C4CC4c4ccncc4)cc3c2)CC12CC2. The fourth-order valence-corrected chi connectivity index (χ4v) is 5.01. The lowest BCUT2D eigenvalue weighted by atomic mass is 9.92. The standard InChI is InChI=1S/C24H20N4O/c25-14-24(13-23(24)5-6-23)18-2-1-16-12-27-21(10-17(16)9-18)28-22(29)20-11-19(20)15-3-7-26-8-4-15/h1-4,7-10,12,19-20H,5-6,11,13H2,(H,27,28,29)/t19?,20?,24-/m1/s1. The van der Waals surface area contributed by atoms with Crippen molar-refractivity contribution < 1.29 is 4.79 Å². The van der Waals surface area contributed by atoms with Crippen molar-refractivity contribution in [2.45, 2.75) is 37.0 Å². The Balaban J connectivity index is 1.23. The Kier molecular flexibility index (Phi) is 3.24. The first-order valence-corrected chi connectivity index (χ1v) is 10.2. The normalized spacial score (nSPS) is 28.0. The average molecular weight is 380 g/mol. The third-order valence-electron chi connectivity index (χ3n) is 7.16. The Labute approximate surface area is 168 Å². The van der Waals surface area contributed by atoms with Crippen LogP contribution in [0.3, 0.4) is 0 Å². The Morgan fingerprint density at radius 1 is 1.14 bits per heavy atom. The summed E-state index contributed by atoms with van der Waals surface area (Å²) in [5.41, 5.74) is 2.21. The van der Waals surface area contributed by atoms with Crippen LogP contribution in [0.2, 0.25) is 0 Å². The molecule has 1 N–H and O–H groups in total. The molecule has 3 fully saturated rings. The predicted molar refractivity (Wildman–Crippen MR) is 109 cm³/mol. The van der Waals surface area contributed by atoms with Crippen molar-refractivity contribution in [3.8, 4) is 6.07 Å². The molecule has 0 aliphatic heterocycles. The second-order valence-corrected chi connectivity index (χ2v) is 8.82. The number of rotatable bonds is 4. The van der Waals surface area contributed by atoms with E-state index in [1.807, 2.05) is 24.3 Å². The first-order valence-electron chi connectivity index (χ1n) is 10.2. The Morgan fingerprint density at radius 2 is 1.97 bits per heavy atom. The summed E-state index contributed by atoms with van der Waals surface area (Å²) < 4.78 is 0. The summed E-state index contributed by atoms with van der Waals surface area (Å²) in [6.07, 6.45) is 9.50. The van der Waals surface area contributed by atoms with E-state index >= 15 is 0 Å². The molecule has 0 saturated heterocycles. The number of pyridine rings is 2. The third-order valence-corrected chi connectivity index (χ3v) is 7.16. The molecule has 3 aliphatic rings. The molecule has 3 saturated carbocycles. The van der Waals surface area contributed by atoms with E-state index in [-0.39, 0.29) is 28.6 Å². The lowest BCUT2D eigenvalue weighted by Gasteiger charge is -2.11. The first kappa shape index (κ1) is 16.7. The molecule has 5 heteroatoms. The summed E-state index contributed by atoms with van der Waals surface area (Å²) in [6.45, 7) is 0. The van der Waals surface area contributed by atoms with Crippen molar-refractivity contribution in [1.29, 1.82) is 5.26 Å². The smallest absolute Gasteiger partial charge is 0.229 e. The van der Waals surface area contributed by atoms with Crippen molar-refractivity contribution >= 4 is 22.5 Å². The number of nitrogens with zero attached hydrogens (tertiary/aromatic N) is 3. The molecule has 2 aromatic heterocycles. The molecule has 29 heavy (non-hydrogen) atoms. The van der Waals surface area contributed by atoms with Crippen LogP contribution in [0.5, 0.6) is 0 Å². The van der Waals surface area contributed by atoms with Gasteiger partial charge in [-0.2, -0.15) is 5.26 Å². The summed E-state index contributed by atoms with van der Waals surface area (Å²) in [7, 11) is 0. The molecule has 3 aromatic rings. The fraction of sp³-hybridized carbons (Fsp3) is 0.333. The lowest BCUT2D eigenvalue weighted by Crippen LogP contribution is -2.15. The van der Waals surface area contributed by atoms with Gasteiger partial charge in [0.25, 0.3) is 0 Å². The van der Waals surface area contributed by atoms with Crippen LogP contribution in [-0.2, 0) is 10.2 Å². The number of benzene rings is 1. The number of aromatic nitrogens is 2. The van der Waals surface area contributed by atoms with E-state index in [2.05, 4.69) is 33.5 Å². The van der Waals surface area contributed by atoms with E-state index in [1.165, 1.54) is 0 Å². The van der Waals surface area contributed by atoms with Crippen LogP contribution in [-0.4, -0.2) is 15.9 Å². The van der Waals surface area contributed by atoms with Crippen molar-refractivity contribution in [2.75, 3.05) is 5.32 Å². The lowest BCUT2D eigenvalue weighted by molar-refractivity contribution is -0.117. The fourth-order valence-electron chi connectivity index (χ4n) is 5.01. The molecule has 5 nitrogen and oxygen atoms in total. The van der Waals surface area contributed by atoms with Crippen LogP contribution in [0, 0.1) is 22.7 Å². The van der Waals surface area contributed by atoms with Gasteiger partial charge in [0.2, 0.25) is 5.91 Å². The minimum Gasteiger partial charge on any atom is -0.310 e. The van der Waals surface area contributed by atoms with E-state index in [9.17, 15) is 10.1 Å². The Hall–Kier alpha value is -3.26. The van der Waals surface area contributed by atoms with Gasteiger partial charge in [-0.05, 0) is 77.8 Å². The van der Waals surface area contributed by atoms with Gasteiger partial charge in [0, 0.05) is 29.9 Å². The van der Waals surface area contributed by atoms with Gasteiger partial charge in [0.1, 0.15) is 5.82 Å². The van der Waals surface area contributed by atoms with Crippen LogP contribution in [0.1, 0.15) is 42.7 Å². The number of carbonyl (C=O) groups is 1. The minimum absolute atomic E-state index is 0.00993. The van der Waals surface area contributed by atoms with E-state index in [1.54, 1.807) is 18.6 Å². The molecule has 3 atom stereocenters. The maximum atomic E-state index is 12.7. The zero-order valence-corrected chi connectivity index (χ0v) is 15.9. The second kappa shape index (κ2) is 5.64. The molecular weight excluding hydrogens is 360 g/mol. The van der Waals surface area contributed by atoms with Crippen LogP contribution < -0.4 is 5.32 Å². The number of nitrogens with one attached hydrogen (secondary N) is 1. The number of nitriles is 1. The number of amides is 1. The van der Waals surface area contributed by atoms with Gasteiger partial charge in [-0.3, -0.25) is 9.78 Å². The third kappa shape index (κ3) is 2.49. The maximum absolute atomic E-state index is 12.7. The van der Waals surface area contributed by atoms with E-state index in [0.29, 0.717) is 5.82 Å². The van der Waals surface area contributed by atoms with Gasteiger partial charge in [0.05, 0.1) is 11.5 Å². The number of hydrogen-bond acceptors (Lipinski definition) is 4. The van der Waals surface area contributed by atoms with Crippen molar-refractivity contribution in [2.24, 2.45) is 11.3 Å². The first-order chi connectivity index (χ1) is 14.1. The van der Waals surface area contributed by atoms with Crippen molar-refractivity contribution in [1.82, 2.24) is 9.97 Å². The second-order valence-electron chi connectivity index (χ2n) is 8.82. The number of hydrogen-bond donors (Lipinski definition) is 1. The van der Waals surface area contributed by atoms with Gasteiger partial charge in [0.15, 0.2) is 0 Å². The quantitative estimate of drug-likeness (QED) is 0.731. The Morgan fingerprint density at radius 3 is 2.69 bits per heavy atom. The Bertz CT molecular complexity index is 1190. The predicted octanol–water partition coefficient (Wildman–Crippen LogP) is 4.32. The molecule has 3 aliphatic carbocycles. The molecule has 0 bridgehead atoms. The molecule has 0 radical (unpaired) electrons. The van der Waals surface area contributed by atoms with Crippen LogP contribution in [0.25, 0.3) is 10.8 Å². The zero-order valence-electron chi connectivity index (χ0n) is 15.9. The molecule has 2 unspecified atom stereocenters. The molecule has 1 amide bonds. The maximum Gasteiger partial charge on any atom is 0.229 e. The van der Waals surface area contributed by atoms with Crippen molar-refractivity contribution in [3.63, 3.8) is 0 Å². The van der Waals surface area contributed by atoms with Gasteiger partial charge in [-0.1, -0.05) is 12.1 Å². The molecule has 1 aromatic carbocycles. The summed E-state index contributed by atoms with van der Waals surface area (Å²) in [5, 5.41) is 14.8. The van der Waals surface area contributed by atoms with Gasteiger partial charge in [-0.25, -0.2) is 4.98 Å². The van der Waals surface area contributed by atoms with Gasteiger partial charge < -0.3 is 5.32 Å². The number of anilines is 1. The monoisotopic (exact) mass is 380 g/mol. The van der Waals surface area contributed by atoms with Crippen LogP contribution >= 0.6 is 0 Å². The largest absolute Gasteiger partial charge is 0.310 e.